The van der Waals surface area contributed by atoms with Crippen molar-refractivity contribution in [2.24, 2.45) is 0 Å². The molecule has 1 aromatic heterocycles. The van der Waals surface area contributed by atoms with E-state index in [9.17, 15) is 13.6 Å². The van der Waals surface area contributed by atoms with E-state index in [0.717, 1.165) is 23.4 Å². The van der Waals surface area contributed by atoms with Gasteiger partial charge in [-0.25, -0.2) is 18.7 Å². The van der Waals surface area contributed by atoms with Crippen LogP contribution in [0, 0.1) is 11.6 Å². The van der Waals surface area contributed by atoms with Gasteiger partial charge in [0.15, 0.2) is 0 Å². The van der Waals surface area contributed by atoms with Crippen molar-refractivity contribution >= 4 is 17.5 Å². The highest BCUT2D eigenvalue weighted by Gasteiger charge is 2.15. The lowest BCUT2D eigenvalue weighted by Gasteiger charge is -2.09. The number of para-hydroxylation sites is 1. The quantitative estimate of drug-likeness (QED) is 0.693. The zero-order valence-electron chi connectivity index (χ0n) is 14.4. The number of nitrogens with zero attached hydrogens (tertiary/aromatic N) is 2. The molecule has 1 amide bonds. The maximum atomic E-state index is 13.7. The maximum Gasteiger partial charge on any atom is 0.274 e. The van der Waals surface area contributed by atoms with Gasteiger partial charge in [0.25, 0.3) is 5.91 Å². The number of carbonyl (C=O) groups excluding carboxylic acids is 1. The summed E-state index contributed by atoms with van der Waals surface area (Å²) < 4.78 is 32.4. The Hall–Kier alpha value is -3.55. The molecule has 0 radical (unpaired) electrons. The second kappa shape index (κ2) is 8.22. The summed E-state index contributed by atoms with van der Waals surface area (Å²) in [4.78, 5) is 20.3. The van der Waals surface area contributed by atoms with Crippen LogP contribution in [0.1, 0.15) is 16.1 Å². The number of hydrogen-bond acceptors (Lipinski definition) is 5. The Bertz CT molecular complexity index is 928. The highest BCUT2D eigenvalue weighted by Crippen LogP contribution is 2.19. The first-order valence-corrected chi connectivity index (χ1v) is 8.02. The second-order valence-corrected chi connectivity index (χ2v) is 5.52. The maximum absolute atomic E-state index is 13.7. The van der Waals surface area contributed by atoms with Crippen LogP contribution < -0.4 is 15.4 Å². The molecule has 2 aromatic carbocycles. The van der Waals surface area contributed by atoms with Crippen LogP contribution in [0.15, 0.2) is 54.7 Å². The van der Waals surface area contributed by atoms with E-state index in [-0.39, 0.29) is 11.6 Å². The largest absolute Gasteiger partial charge is 0.497 e. The average molecular weight is 370 g/mol. The molecule has 2 N–H and O–H groups in total. The van der Waals surface area contributed by atoms with Crippen molar-refractivity contribution in [3.63, 3.8) is 0 Å². The molecule has 0 saturated heterocycles. The van der Waals surface area contributed by atoms with E-state index >= 15 is 0 Å². The predicted octanol–water partition coefficient (Wildman–Crippen LogP) is 3.63. The van der Waals surface area contributed by atoms with Gasteiger partial charge < -0.3 is 15.4 Å². The molecule has 0 atom stereocenters. The lowest BCUT2D eigenvalue weighted by molar-refractivity contribution is 0.102. The number of hydrogen-bond donors (Lipinski definition) is 2. The molecule has 0 bridgehead atoms. The Balaban J connectivity index is 1.68. The smallest absolute Gasteiger partial charge is 0.274 e. The molecular formula is C19H16F2N4O2. The number of carbonyl (C=O) groups is 1. The normalized spacial score (nSPS) is 10.3. The molecule has 0 unspecified atom stereocenters. The van der Waals surface area contributed by atoms with Crippen molar-refractivity contribution in [3.8, 4) is 5.75 Å². The summed E-state index contributed by atoms with van der Waals surface area (Å²) in [5.74, 6) is -1.51. The lowest BCUT2D eigenvalue weighted by atomic mass is 10.2. The molecule has 1 heterocycles. The Labute approximate surface area is 154 Å². The lowest BCUT2D eigenvalue weighted by Crippen LogP contribution is -2.17. The molecule has 0 spiro atoms. The highest BCUT2D eigenvalue weighted by atomic mass is 19.1. The third kappa shape index (κ3) is 4.55. The summed E-state index contributed by atoms with van der Waals surface area (Å²) in [5.41, 5.74) is 0.418. The van der Waals surface area contributed by atoms with E-state index in [2.05, 4.69) is 20.6 Å². The summed E-state index contributed by atoms with van der Waals surface area (Å²) in [6.07, 6.45) is 1.38. The molecular weight excluding hydrogens is 354 g/mol. The Morgan fingerprint density at radius 2 is 1.78 bits per heavy atom. The van der Waals surface area contributed by atoms with Gasteiger partial charge in [-0.15, -0.1) is 0 Å². The number of methoxy groups -OCH3 is 1. The molecule has 27 heavy (non-hydrogen) atoms. The van der Waals surface area contributed by atoms with E-state index < -0.39 is 23.2 Å². The van der Waals surface area contributed by atoms with Gasteiger partial charge in [-0.05, 0) is 35.9 Å². The van der Waals surface area contributed by atoms with Crippen molar-refractivity contribution in [1.82, 2.24) is 9.97 Å². The Morgan fingerprint density at radius 3 is 2.44 bits per heavy atom. The molecule has 0 aliphatic heterocycles. The first kappa shape index (κ1) is 18.2. The van der Waals surface area contributed by atoms with Crippen LogP contribution in [0.3, 0.4) is 0 Å². The summed E-state index contributed by atoms with van der Waals surface area (Å²) in [6.45, 7) is 0.428. The van der Waals surface area contributed by atoms with E-state index in [1.807, 2.05) is 24.3 Å². The fourth-order valence-corrected chi connectivity index (χ4v) is 2.29. The zero-order chi connectivity index (χ0) is 19.2. The van der Waals surface area contributed by atoms with Crippen LogP contribution in [0.5, 0.6) is 5.75 Å². The molecule has 138 valence electrons. The minimum Gasteiger partial charge on any atom is -0.497 e. The molecule has 0 saturated carbocycles. The van der Waals surface area contributed by atoms with Gasteiger partial charge in [0.1, 0.15) is 28.8 Å². The summed E-state index contributed by atoms with van der Waals surface area (Å²) in [5, 5.41) is 5.18. The van der Waals surface area contributed by atoms with Crippen LogP contribution in [0.2, 0.25) is 0 Å². The van der Waals surface area contributed by atoms with Crippen molar-refractivity contribution < 1.29 is 18.3 Å². The fraction of sp³-hybridized carbons (Fsp3) is 0.105. The van der Waals surface area contributed by atoms with Gasteiger partial charge in [-0.3, -0.25) is 4.79 Å². The third-order valence-electron chi connectivity index (χ3n) is 3.70. The number of benzene rings is 2. The predicted molar refractivity (Wildman–Crippen MR) is 96.7 cm³/mol. The standard InChI is InChI=1S/C19H16F2N4O2/c1-27-13-7-5-12(6-8-13)11-23-19-22-10-9-16(24-19)18(26)25-17-14(20)3-2-4-15(17)21/h2-10H,11H2,1H3,(H,25,26)(H,22,23,24). The third-order valence-corrected chi connectivity index (χ3v) is 3.70. The minimum atomic E-state index is -0.865. The van der Waals surface area contributed by atoms with Gasteiger partial charge in [0.05, 0.1) is 7.11 Å². The van der Waals surface area contributed by atoms with Crippen molar-refractivity contribution in [1.29, 1.82) is 0 Å². The van der Waals surface area contributed by atoms with E-state index in [0.29, 0.717) is 6.54 Å². The monoisotopic (exact) mass is 370 g/mol. The van der Waals surface area contributed by atoms with Crippen molar-refractivity contribution in [3.05, 3.63) is 77.6 Å². The van der Waals surface area contributed by atoms with Gasteiger partial charge in [0.2, 0.25) is 5.95 Å². The van der Waals surface area contributed by atoms with E-state index in [4.69, 9.17) is 4.74 Å². The number of halogens is 2. The Kier molecular flexibility index (Phi) is 5.55. The van der Waals surface area contributed by atoms with Crippen LogP contribution in [-0.4, -0.2) is 23.0 Å². The molecule has 6 nitrogen and oxygen atoms in total. The number of amides is 1. The van der Waals surface area contributed by atoms with Crippen LogP contribution in [0.4, 0.5) is 20.4 Å². The first-order valence-electron chi connectivity index (χ1n) is 8.02. The minimum absolute atomic E-state index is 0.0233. The molecule has 0 fully saturated rings. The molecule has 3 aromatic rings. The van der Waals surface area contributed by atoms with Crippen LogP contribution in [0.25, 0.3) is 0 Å². The molecule has 3 rings (SSSR count). The van der Waals surface area contributed by atoms with Gasteiger partial charge in [-0.2, -0.15) is 0 Å². The van der Waals surface area contributed by atoms with Crippen molar-refractivity contribution in [2.75, 3.05) is 17.7 Å². The topological polar surface area (TPSA) is 76.1 Å². The summed E-state index contributed by atoms with van der Waals surface area (Å²) in [7, 11) is 1.59. The summed E-state index contributed by atoms with van der Waals surface area (Å²) >= 11 is 0. The van der Waals surface area contributed by atoms with Crippen molar-refractivity contribution in [2.45, 2.75) is 6.54 Å². The SMILES string of the molecule is COc1ccc(CNc2nccc(C(=O)Nc3c(F)cccc3F)n2)cc1. The first-order chi connectivity index (χ1) is 13.1. The van der Waals surface area contributed by atoms with Crippen LogP contribution in [-0.2, 0) is 6.54 Å². The highest BCUT2D eigenvalue weighted by molar-refractivity contribution is 6.03. The van der Waals surface area contributed by atoms with Gasteiger partial charge >= 0.3 is 0 Å². The molecule has 0 aliphatic carbocycles. The van der Waals surface area contributed by atoms with E-state index in [1.165, 1.54) is 18.3 Å². The Morgan fingerprint density at radius 1 is 1.07 bits per heavy atom. The van der Waals surface area contributed by atoms with Crippen LogP contribution >= 0.6 is 0 Å². The number of nitrogens with one attached hydrogen (secondary N) is 2. The second-order valence-electron chi connectivity index (χ2n) is 5.52. The van der Waals surface area contributed by atoms with E-state index in [1.54, 1.807) is 7.11 Å². The summed E-state index contributed by atoms with van der Waals surface area (Å²) in [6, 6.07) is 12.1. The molecule has 8 heteroatoms. The van der Waals surface area contributed by atoms with Gasteiger partial charge in [-0.1, -0.05) is 18.2 Å². The number of ether oxygens (including phenoxy) is 1. The fourth-order valence-electron chi connectivity index (χ4n) is 2.29. The molecule has 0 aliphatic rings. The average Bonchev–Trinajstić information content (AvgIpc) is 2.70. The number of aromatic nitrogens is 2. The zero-order valence-corrected chi connectivity index (χ0v) is 14.4. The van der Waals surface area contributed by atoms with Gasteiger partial charge in [0, 0.05) is 12.7 Å². The number of anilines is 2. The number of rotatable bonds is 6.